The van der Waals surface area contributed by atoms with Crippen LogP contribution in [-0.2, 0) is 0 Å². The van der Waals surface area contributed by atoms with Gasteiger partial charge in [0.2, 0.25) is 0 Å². The summed E-state index contributed by atoms with van der Waals surface area (Å²) in [5.41, 5.74) is 1.14. The second-order valence-corrected chi connectivity index (χ2v) is 5.86. The highest BCUT2D eigenvalue weighted by Crippen LogP contribution is 2.38. The Kier molecular flexibility index (Phi) is 5.92. The van der Waals surface area contributed by atoms with Gasteiger partial charge in [-0.3, -0.25) is 0 Å². The fourth-order valence-corrected chi connectivity index (χ4v) is 3.25. The molecule has 1 aliphatic rings. The highest BCUT2D eigenvalue weighted by Gasteiger charge is 2.22. The van der Waals surface area contributed by atoms with E-state index in [2.05, 4.69) is 0 Å². The third-order valence-electron chi connectivity index (χ3n) is 4.50. The lowest BCUT2D eigenvalue weighted by Crippen LogP contribution is -2.13. The predicted molar refractivity (Wildman–Crippen MR) is 79.9 cm³/mol. The van der Waals surface area contributed by atoms with Crippen molar-refractivity contribution in [3.05, 3.63) is 47.5 Å². The zero-order valence-electron chi connectivity index (χ0n) is 12.2. The van der Waals surface area contributed by atoms with E-state index in [0.717, 1.165) is 56.4 Å². The molecule has 3 heteroatoms. The number of hydrogen-bond donors (Lipinski definition) is 0. The summed E-state index contributed by atoms with van der Waals surface area (Å²) < 4.78 is 25.5. The van der Waals surface area contributed by atoms with E-state index >= 15 is 0 Å². The maximum absolute atomic E-state index is 13.7. The van der Waals surface area contributed by atoms with Crippen LogP contribution in [0.2, 0.25) is 0 Å². The van der Waals surface area contributed by atoms with E-state index in [1.165, 1.54) is 6.07 Å². The molecule has 1 nitrogen and oxygen atoms in total. The Hall–Kier alpha value is -1.69. The Morgan fingerprint density at radius 2 is 2.00 bits per heavy atom. The normalized spacial score (nSPS) is 22.3. The van der Waals surface area contributed by atoms with Crippen molar-refractivity contribution in [3.63, 3.8) is 0 Å². The summed E-state index contributed by atoms with van der Waals surface area (Å²) >= 11 is 0. The Bertz CT molecular complexity index is 523. The molecule has 0 saturated heterocycles. The smallest absolute Gasteiger partial charge is 0.141 e. The van der Waals surface area contributed by atoms with E-state index in [1.54, 1.807) is 12.1 Å². The molecule has 21 heavy (non-hydrogen) atoms. The molecule has 1 fully saturated rings. The number of benzene rings is 1. The number of rotatable bonds is 5. The fraction of sp³-hybridized carbons (Fsp3) is 0.500. The first kappa shape index (κ1) is 15.7. The molecule has 1 aliphatic carbocycles. The molecule has 0 unspecified atom stereocenters. The first-order chi connectivity index (χ1) is 10.2. The van der Waals surface area contributed by atoms with Gasteiger partial charge in [-0.15, -0.1) is 0 Å². The number of halogens is 2. The molecule has 2 rings (SSSR count). The Morgan fingerprint density at radius 1 is 1.24 bits per heavy atom. The van der Waals surface area contributed by atoms with Crippen molar-refractivity contribution in [2.75, 3.05) is 0 Å². The van der Waals surface area contributed by atoms with E-state index in [-0.39, 0.29) is 5.56 Å². The summed E-state index contributed by atoms with van der Waals surface area (Å²) in [6.07, 6.45) is 9.68. The molecular formula is C18H21F2N. The Labute approximate surface area is 125 Å². The fourth-order valence-electron chi connectivity index (χ4n) is 3.25. The second kappa shape index (κ2) is 7.93. The molecule has 0 amide bonds. The molecule has 0 aromatic heterocycles. The zero-order valence-corrected chi connectivity index (χ0v) is 12.2. The van der Waals surface area contributed by atoms with E-state index < -0.39 is 5.82 Å². The van der Waals surface area contributed by atoms with Gasteiger partial charge in [-0.2, -0.15) is 5.26 Å². The Morgan fingerprint density at radius 3 is 2.62 bits per heavy atom. The maximum atomic E-state index is 13.7. The number of hydrogen-bond acceptors (Lipinski definition) is 1. The van der Waals surface area contributed by atoms with Crippen molar-refractivity contribution in [1.29, 1.82) is 5.26 Å². The van der Waals surface area contributed by atoms with Gasteiger partial charge in [-0.1, -0.05) is 18.6 Å². The molecule has 0 N–H and O–H groups in total. The average molecular weight is 289 g/mol. The van der Waals surface area contributed by atoms with Gasteiger partial charge < -0.3 is 0 Å². The Balaban J connectivity index is 1.83. The van der Waals surface area contributed by atoms with Crippen LogP contribution in [0.5, 0.6) is 0 Å². The zero-order chi connectivity index (χ0) is 15.1. The summed E-state index contributed by atoms with van der Waals surface area (Å²) in [5.74, 6) is 0.724. The monoisotopic (exact) mass is 289 g/mol. The molecule has 0 radical (unpaired) electrons. The van der Waals surface area contributed by atoms with E-state index in [9.17, 15) is 8.78 Å². The van der Waals surface area contributed by atoms with Crippen molar-refractivity contribution in [2.45, 2.75) is 50.9 Å². The largest absolute Gasteiger partial charge is 0.216 e. The average Bonchev–Trinajstić information content (AvgIpc) is 2.52. The van der Waals surface area contributed by atoms with Gasteiger partial charge in [0.15, 0.2) is 0 Å². The van der Waals surface area contributed by atoms with Crippen molar-refractivity contribution in [2.24, 2.45) is 5.92 Å². The number of nitrogens with zero attached hydrogens (tertiary/aromatic N) is 1. The van der Waals surface area contributed by atoms with E-state index in [1.807, 2.05) is 12.1 Å². The first-order valence-electron chi connectivity index (χ1n) is 7.69. The lowest BCUT2D eigenvalue weighted by atomic mass is 9.77. The molecular weight excluding hydrogens is 268 g/mol. The van der Waals surface area contributed by atoms with Crippen LogP contribution in [0.25, 0.3) is 0 Å². The van der Waals surface area contributed by atoms with Crippen molar-refractivity contribution < 1.29 is 8.78 Å². The minimum Gasteiger partial charge on any atom is -0.216 e. The van der Waals surface area contributed by atoms with Gasteiger partial charge in [-0.25, -0.2) is 8.78 Å². The standard InChI is InChI=1S/C18H21F2N/c19-11-3-1-2-4-14-5-7-15(8-6-14)16-9-10-17(13-21)18(20)12-16/h3,9-12,14-15H,1-2,4-8H2/b11-3+/t14-,15-. The van der Waals surface area contributed by atoms with E-state index in [0.29, 0.717) is 12.2 Å². The van der Waals surface area contributed by atoms with Gasteiger partial charge in [-0.05, 0) is 68.1 Å². The molecule has 112 valence electrons. The molecule has 0 spiro atoms. The molecule has 1 aromatic rings. The minimum atomic E-state index is -0.407. The van der Waals surface area contributed by atoms with Crippen LogP contribution in [0.1, 0.15) is 62.0 Å². The first-order valence-corrected chi connectivity index (χ1v) is 7.69. The summed E-state index contributed by atoms with van der Waals surface area (Å²) in [6.45, 7) is 0. The van der Waals surface area contributed by atoms with Crippen LogP contribution in [0.4, 0.5) is 8.78 Å². The number of unbranched alkanes of at least 4 members (excludes halogenated alkanes) is 1. The number of allylic oxidation sites excluding steroid dienone is 1. The summed E-state index contributed by atoms with van der Waals surface area (Å²) in [6, 6.07) is 6.85. The lowest BCUT2D eigenvalue weighted by Gasteiger charge is -2.28. The van der Waals surface area contributed by atoms with Gasteiger partial charge >= 0.3 is 0 Å². The van der Waals surface area contributed by atoms with Gasteiger partial charge in [0.25, 0.3) is 0 Å². The molecule has 0 atom stereocenters. The molecule has 0 aliphatic heterocycles. The number of nitriles is 1. The highest BCUT2D eigenvalue weighted by molar-refractivity contribution is 5.34. The van der Waals surface area contributed by atoms with Crippen LogP contribution in [0, 0.1) is 23.1 Å². The van der Waals surface area contributed by atoms with Crippen LogP contribution in [-0.4, -0.2) is 0 Å². The third kappa shape index (κ3) is 4.39. The van der Waals surface area contributed by atoms with Crippen LogP contribution in [0.15, 0.2) is 30.6 Å². The second-order valence-electron chi connectivity index (χ2n) is 5.86. The molecule has 1 aromatic carbocycles. The minimum absolute atomic E-state index is 0.119. The lowest BCUT2D eigenvalue weighted by molar-refractivity contribution is 0.305. The highest BCUT2D eigenvalue weighted by atomic mass is 19.1. The van der Waals surface area contributed by atoms with E-state index in [4.69, 9.17) is 5.26 Å². The summed E-state index contributed by atoms with van der Waals surface area (Å²) in [7, 11) is 0. The van der Waals surface area contributed by atoms with Gasteiger partial charge in [0.1, 0.15) is 11.9 Å². The predicted octanol–water partition coefficient (Wildman–Crippen LogP) is 5.62. The quantitative estimate of drug-likeness (QED) is 0.645. The molecule has 0 bridgehead atoms. The van der Waals surface area contributed by atoms with Crippen LogP contribution in [0.3, 0.4) is 0 Å². The summed E-state index contributed by atoms with van der Waals surface area (Å²) in [5, 5.41) is 8.76. The maximum Gasteiger partial charge on any atom is 0.141 e. The van der Waals surface area contributed by atoms with Gasteiger partial charge in [0.05, 0.1) is 11.9 Å². The van der Waals surface area contributed by atoms with Gasteiger partial charge in [0, 0.05) is 0 Å². The third-order valence-corrected chi connectivity index (χ3v) is 4.50. The summed E-state index contributed by atoms with van der Waals surface area (Å²) in [4.78, 5) is 0. The van der Waals surface area contributed by atoms with Crippen molar-refractivity contribution in [1.82, 2.24) is 0 Å². The molecule has 0 heterocycles. The van der Waals surface area contributed by atoms with Crippen LogP contribution >= 0.6 is 0 Å². The molecule has 1 saturated carbocycles. The van der Waals surface area contributed by atoms with Crippen molar-refractivity contribution >= 4 is 0 Å². The van der Waals surface area contributed by atoms with Crippen LogP contribution < -0.4 is 0 Å². The topological polar surface area (TPSA) is 23.8 Å². The van der Waals surface area contributed by atoms with Crippen molar-refractivity contribution in [3.8, 4) is 6.07 Å². The SMILES string of the molecule is N#Cc1ccc([C@H]2CC[C@H](CCC/C=C/F)CC2)cc1F.